The third-order valence-corrected chi connectivity index (χ3v) is 6.68. The number of phenols is 1. The normalized spacial score (nSPS) is 12.5. The predicted octanol–water partition coefficient (Wildman–Crippen LogP) is 6.15. The van der Waals surface area contributed by atoms with Crippen molar-refractivity contribution in [2.45, 2.75) is 71.6 Å². The average molecular weight is 590 g/mol. The highest BCUT2D eigenvalue weighted by Crippen LogP contribution is 2.27. The molecule has 0 aliphatic heterocycles. The molecular weight excluding hydrogens is 546 g/mol. The molecule has 3 aromatic carbocycles. The van der Waals surface area contributed by atoms with Crippen molar-refractivity contribution in [3.05, 3.63) is 89.5 Å². The number of hydrogen-bond donors (Lipinski definition) is 3. The van der Waals surface area contributed by atoms with Gasteiger partial charge < -0.3 is 30.1 Å². The van der Waals surface area contributed by atoms with Crippen molar-refractivity contribution in [2.24, 2.45) is 0 Å². The van der Waals surface area contributed by atoms with E-state index in [1.165, 1.54) is 12.1 Å². The maximum atomic E-state index is 14.5. The molecule has 9 heteroatoms. The summed E-state index contributed by atoms with van der Waals surface area (Å²) in [6, 6.07) is 18.9. The fourth-order valence-corrected chi connectivity index (χ4v) is 4.61. The van der Waals surface area contributed by atoms with Gasteiger partial charge in [-0.25, -0.2) is 4.79 Å². The minimum absolute atomic E-state index is 0.0889. The van der Waals surface area contributed by atoms with E-state index in [1.807, 2.05) is 38.1 Å². The smallest absolute Gasteiger partial charge is 0.408 e. The van der Waals surface area contributed by atoms with Gasteiger partial charge in [-0.05, 0) is 81.6 Å². The molecule has 0 heterocycles. The molecule has 0 aromatic heterocycles. The van der Waals surface area contributed by atoms with Crippen molar-refractivity contribution >= 4 is 23.6 Å². The minimum atomic E-state index is -1.04. The van der Waals surface area contributed by atoms with Gasteiger partial charge in [-0.1, -0.05) is 55.3 Å². The summed E-state index contributed by atoms with van der Waals surface area (Å²) in [7, 11) is 1.57. The van der Waals surface area contributed by atoms with Crippen LogP contribution < -0.4 is 15.4 Å². The summed E-state index contributed by atoms with van der Waals surface area (Å²) in [6.45, 7) is 9.45. The van der Waals surface area contributed by atoms with E-state index in [9.17, 15) is 19.5 Å². The van der Waals surface area contributed by atoms with Crippen LogP contribution in [0.1, 0.15) is 63.3 Å². The van der Waals surface area contributed by atoms with Gasteiger partial charge in [0.25, 0.3) is 5.91 Å². The second-order valence-corrected chi connectivity index (χ2v) is 11.5. The van der Waals surface area contributed by atoms with Crippen LogP contribution in [0.3, 0.4) is 0 Å². The first-order valence-electron chi connectivity index (χ1n) is 14.5. The number of carbonyl (C=O) groups is 3. The number of anilines is 1. The molecule has 0 aliphatic carbocycles. The fourth-order valence-electron chi connectivity index (χ4n) is 4.61. The number of methoxy groups -OCH3 is 1. The first kappa shape index (κ1) is 33.0. The highest BCUT2D eigenvalue weighted by atomic mass is 16.6. The number of rotatable bonds is 12. The van der Waals surface area contributed by atoms with E-state index in [2.05, 4.69) is 10.6 Å². The molecule has 2 unspecified atom stereocenters. The lowest BCUT2D eigenvalue weighted by atomic mass is 9.98. The van der Waals surface area contributed by atoms with E-state index in [1.54, 1.807) is 69.2 Å². The quantitative estimate of drug-likeness (QED) is 0.233. The molecule has 0 saturated heterocycles. The molecule has 3 amide bonds. The van der Waals surface area contributed by atoms with Crippen molar-refractivity contribution in [2.75, 3.05) is 19.0 Å². The molecule has 0 saturated carbocycles. The Morgan fingerprint density at radius 2 is 1.65 bits per heavy atom. The zero-order chi connectivity index (χ0) is 31.6. The zero-order valence-electron chi connectivity index (χ0n) is 25.8. The van der Waals surface area contributed by atoms with Crippen LogP contribution >= 0.6 is 0 Å². The second-order valence-electron chi connectivity index (χ2n) is 11.5. The van der Waals surface area contributed by atoms with Gasteiger partial charge >= 0.3 is 6.09 Å². The van der Waals surface area contributed by atoms with Crippen molar-refractivity contribution in [3.8, 4) is 11.5 Å². The van der Waals surface area contributed by atoms with Crippen molar-refractivity contribution in [3.63, 3.8) is 0 Å². The van der Waals surface area contributed by atoms with Crippen LogP contribution in [0, 0.1) is 6.92 Å². The van der Waals surface area contributed by atoms with E-state index in [4.69, 9.17) is 9.47 Å². The summed E-state index contributed by atoms with van der Waals surface area (Å²) in [4.78, 5) is 43.0. The Kier molecular flexibility index (Phi) is 11.6. The lowest BCUT2D eigenvalue weighted by Gasteiger charge is -2.34. The molecule has 230 valence electrons. The monoisotopic (exact) mass is 589 g/mol. The standard InChI is InChI=1S/C34H43N3O6/c1-7-8-20-37(32(40)29(36-33(41)43-34(3,4)5)22-24-12-16-27(38)17-13-24)30(25-11-9-10-23(2)21-25)31(39)35-26-14-18-28(42-6)19-15-26/h9-19,21,29-30,38H,7-8,20,22H2,1-6H3,(H,35,39)(H,36,41). The number of hydrogen-bond acceptors (Lipinski definition) is 6. The number of amides is 3. The zero-order valence-corrected chi connectivity index (χ0v) is 25.8. The Morgan fingerprint density at radius 1 is 0.977 bits per heavy atom. The number of ether oxygens (including phenoxy) is 2. The van der Waals surface area contributed by atoms with E-state index < -0.39 is 29.7 Å². The van der Waals surface area contributed by atoms with Crippen molar-refractivity contribution < 1.29 is 29.0 Å². The third-order valence-electron chi connectivity index (χ3n) is 6.68. The number of alkyl carbamates (subject to hydrolysis) is 1. The third kappa shape index (κ3) is 10.1. The van der Waals surface area contributed by atoms with Crippen LogP contribution in [-0.2, 0) is 20.7 Å². The lowest BCUT2D eigenvalue weighted by molar-refractivity contribution is -0.140. The van der Waals surface area contributed by atoms with Crippen LogP contribution in [0.2, 0.25) is 0 Å². The van der Waals surface area contributed by atoms with Gasteiger partial charge in [-0.15, -0.1) is 0 Å². The molecule has 2 atom stereocenters. The number of benzene rings is 3. The van der Waals surface area contributed by atoms with Gasteiger partial charge in [-0.3, -0.25) is 9.59 Å². The van der Waals surface area contributed by atoms with Crippen LogP contribution in [0.25, 0.3) is 0 Å². The molecule has 3 aromatic rings. The number of nitrogens with one attached hydrogen (secondary N) is 2. The number of nitrogens with zero attached hydrogens (tertiary/aromatic N) is 1. The maximum absolute atomic E-state index is 14.5. The number of aromatic hydroxyl groups is 1. The Balaban J connectivity index is 2.05. The molecule has 43 heavy (non-hydrogen) atoms. The summed E-state index contributed by atoms with van der Waals surface area (Å²) in [5.74, 6) is -0.0751. The Hall–Kier alpha value is -4.53. The lowest BCUT2D eigenvalue weighted by Crippen LogP contribution is -2.53. The Morgan fingerprint density at radius 3 is 2.23 bits per heavy atom. The SMILES string of the molecule is CCCCN(C(=O)C(Cc1ccc(O)cc1)NC(=O)OC(C)(C)C)C(C(=O)Nc1ccc(OC)cc1)c1cccc(C)c1. The van der Waals surface area contributed by atoms with Crippen LogP contribution in [0.4, 0.5) is 10.5 Å². The topological polar surface area (TPSA) is 117 Å². The largest absolute Gasteiger partial charge is 0.508 e. The van der Waals surface area contributed by atoms with Gasteiger partial charge in [-0.2, -0.15) is 0 Å². The summed E-state index contributed by atoms with van der Waals surface area (Å²) in [5, 5.41) is 15.5. The van der Waals surface area contributed by atoms with Gasteiger partial charge in [0.05, 0.1) is 7.11 Å². The summed E-state index contributed by atoms with van der Waals surface area (Å²) in [5.41, 5.74) is 2.09. The van der Waals surface area contributed by atoms with Crippen LogP contribution in [0.5, 0.6) is 11.5 Å². The van der Waals surface area contributed by atoms with E-state index in [0.717, 1.165) is 17.5 Å². The van der Waals surface area contributed by atoms with E-state index in [0.29, 0.717) is 23.4 Å². The van der Waals surface area contributed by atoms with E-state index >= 15 is 0 Å². The highest BCUT2D eigenvalue weighted by molar-refractivity contribution is 5.99. The number of unbranched alkanes of at least 4 members (excludes halogenated alkanes) is 1. The molecule has 9 nitrogen and oxygen atoms in total. The van der Waals surface area contributed by atoms with Gasteiger partial charge in [0.2, 0.25) is 5.91 Å². The Bertz CT molecular complexity index is 1370. The predicted molar refractivity (Wildman–Crippen MR) is 167 cm³/mol. The second kappa shape index (κ2) is 15.1. The molecule has 0 fully saturated rings. The highest BCUT2D eigenvalue weighted by Gasteiger charge is 2.36. The molecule has 3 N–H and O–H groups in total. The van der Waals surface area contributed by atoms with Crippen molar-refractivity contribution in [1.29, 1.82) is 0 Å². The van der Waals surface area contributed by atoms with Gasteiger partial charge in [0.15, 0.2) is 0 Å². The molecule has 0 spiro atoms. The van der Waals surface area contributed by atoms with E-state index in [-0.39, 0.29) is 24.6 Å². The summed E-state index contributed by atoms with van der Waals surface area (Å²) < 4.78 is 10.7. The number of aryl methyl sites for hydroxylation is 1. The summed E-state index contributed by atoms with van der Waals surface area (Å²) >= 11 is 0. The van der Waals surface area contributed by atoms with Crippen LogP contribution in [-0.4, -0.2) is 53.2 Å². The molecule has 3 rings (SSSR count). The Labute approximate surface area is 254 Å². The first-order valence-corrected chi connectivity index (χ1v) is 14.5. The average Bonchev–Trinajstić information content (AvgIpc) is 2.95. The minimum Gasteiger partial charge on any atom is -0.508 e. The van der Waals surface area contributed by atoms with Crippen molar-refractivity contribution in [1.82, 2.24) is 10.2 Å². The number of phenolic OH excluding ortho intramolecular Hbond substituents is 1. The fraction of sp³-hybridized carbons (Fsp3) is 0.382. The number of carbonyl (C=O) groups excluding carboxylic acids is 3. The molecule has 0 aliphatic rings. The maximum Gasteiger partial charge on any atom is 0.408 e. The molecule has 0 bridgehead atoms. The van der Waals surface area contributed by atoms with Crippen LogP contribution in [0.15, 0.2) is 72.8 Å². The van der Waals surface area contributed by atoms with Gasteiger partial charge in [0.1, 0.15) is 29.2 Å². The molecule has 0 radical (unpaired) electrons. The first-order chi connectivity index (χ1) is 20.4. The van der Waals surface area contributed by atoms with Gasteiger partial charge in [0, 0.05) is 18.7 Å². The summed E-state index contributed by atoms with van der Waals surface area (Å²) in [6.07, 6.45) is 0.811. The molecular formula is C34H43N3O6.